The number of hydrogen-bond acceptors (Lipinski definition) is 7. The number of hydrazone groups is 1. The Morgan fingerprint density at radius 1 is 1.13 bits per heavy atom. The molecule has 0 spiro atoms. The molecule has 0 aliphatic rings. The zero-order valence-electron chi connectivity index (χ0n) is 11.4. The SMILES string of the molecule is O=C(NO)c1ccc(C(=O)N/N=C/c2ccc([N+](=O)[O-])s2)cc1. The minimum absolute atomic E-state index is 0.0180. The van der Waals surface area contributed by atoms with Gasteiger partial charge in [-0.05, 0) is 30.3 Å². The quantitative estimate of drug-likeness (QED) is 0.330. The van der Waals surface area contributed by atoms with Crippen molar-refractivity contribution in [3.8, 4) is 0 Å². The Bertz CT molecular complexity index is 769. The van der Waals surface area contributed by atoms with Crippen molar-refractivity contribution in [1.29, 1.82) is 0 Å². The molecule has 9 nitrogen and oxygen atoms in total. The van der Waals surface area contributed by atoms with E-state index in [4.69, 9.17) is 5.21 Å². The summed E-state index contributed by atoms with van der Waals surface area (Å²) in [6, 6.07) is 8.38. The number of benzene rings is 1. The topological polar surface area (TPSA) is 134 Å². The van der Waals surface area contributed by atoms with Crippen molar-refractivity contribution in [1.82, 2.24) is 10.9 Å². The summed E-state index contributed by atoms with van der Waals surface area (Å²) in [7, 11) is 0. The van der Waals surface area contributed by atoms with Gasteiger partial charge in [0.15, 0.2) is 0 Å². The zero-order chi connectivity index (χ0) is 16.8. The Balaban J connectivity index is 1.97. The minimum atomic E-state index is -0.686. The first-order valence-corrected chi connectivity index (χ1v) is 6.95. The minimum Gasteiger partial charge on any atom is -0.288 e. The summed E-state index contributed by atoms with van der Waals surface area (Å²) >= 11 is 0.928. The molecule has 0 radical (unpaired) electrons. The number of carbonyl (C=O) groups is 2. The van der Waals surface area contributed by atoms with Gasteiger partial charge < -0.3 is 0 Å². The third-order valence-electron chi connectivity index (χ3n) is 2.66. The fraction of sp³-hybridized carbons (Fsp3) is 0. The van der Waals surface area contributed by atoms with E-state index in [9.17, 15) is 19.7 Å². The lowest BCUT2D eigenvalue weighted by Gasteiger charge is -2.01. The number of nitro groups is 1. The van der Waals surface area contributed by atoms with E-state index >= 15 is 0 Å². The van der Waals surface area contributed by atoms with Gasteiger partial charge in [0, 0.05) is 17.2 Å². The Kier molecular flexibility index (Phi) is 5.12. The first-order valence-electron chi connectivity index (χ1n) is 6.13. The molecule has 23 heavy (non-hydrogen) atoms. The molecule has 0 saturated carbocycles. The van der Waals surface area contributed by atoms with Gasteiger partial charge in [0.25, 0.3) is 11.8 Å². The molecular weight excluding hydrogens is 324 g/mol. The predicted molar refractivity (Wildman–Crippen MR) is 81.7 cm³/mol. The van der Waals surface area contributed by atoms with Gasteiger partial charge in [-0.15, -0.1) is 0 Å². The number of nitrogens with zero attached hydrogens (tertiary/aromatic N) is 2. The van der Waals surface area contributed by atoms with Gasteiger partial charge in [-0.2, -0.15) is 5.10 Å². The van der Waals surface area contributed by atoms with Crippen molar-refractivity contribution in [2.45, 2.75) is 0 Å². The van der Waals surface area contributed by atoms with Crippen molar-refractivity contribution in [2.24, 2.45) is 5.10 Å². The Morgan fingerprint density at radius 2 is 1.74 bits per heavy atom. The molecule has 118 valence electrons. The number of hydroxylamine groups is 1. The van der Waals surface area contributed by atoms with Crippen molar-refractivity contribution < 1.29 is 19.7 Å². The van der Waals surface area contributed by atoms with Gasteiger partial charge in [0.2, 0.25) is 0 Å². The average Bonchev–Trinajstić information content (AvgIpc) is 3.03. The van der Waals surface area contributed by atoms with E-state index in [1.165, 1.54) is 48.1 Å². The van der Waals surface area contributed by atoms with E-state index in [-0.39, 0.29) is 16.1 Å². The van der Waals surface area contributed by atoms with E-state index in [0.717, 1.165) is 11.3 Å². The van der Waals surface area contributed by atoms with Crippen molar-refractivity contribution in [3.63, 3.8) is 0 Å². The molecule has 3 N–H and O–H groups in total. The van der Waals surface area contributed by atoms with Crippen LogP contribution in [0, 0.1) is 10.1 Å². The molecule has 0 fully saturated rings. The van der Waals surface area contributed by atoms with Crippen LogP contribution in [-0.4, -0.2) is 28.2 Å². The monoisotopic (exact) mass is 334 g/mol. The molecule has 2 rings (SSSR count). The van der Waals surface area contributed by atoms with E-state index in [2.05, 4.69) is 10.5 Å². The highest BCUT2D eigenvalue weighted by molar-refractivity contribution is 7.16. The van der Waals surface area contributed by atoms with Crippen LogP contribution in [-0.2, 0) is 0 Å². The average molecular weight is 334 g/mol. The molecule has 10 heteroatoms. The van der Waals surface area contributed by atoms with Gasteiger partial charge in [-0.1, -0.05) is 11.3 Å². The maximum Gasteiger partial charge on any atom is 0.324 e. The maximum absolute atomic E-state index is 11.8. The largest absolute Gasteiger partial charge is 0.324 e. The molecule has 1 aromatic heterocycles. The summed E-state index contributed by atoms with van der Waals surface area (Å²) in [5, 5.41) is 22.7. The molecule has 0 unspecified atom stereocenters. The number of amides is 2. The van der Waals surface area contributed by atoms with Crippen LogP contribution in [0.1, 0.15) is 25.6 Å². The molecule has 2 amide bonds. The number of carbonyl (C=O) groups excluding carboxylic acids is 2. The van der Waals surface area contributed by atoms with Gasteiger partial charge in [0.1, 0.15) is 0 Å². The highest BCUT2D eigenvalue weighted by Crippen LogP contribution is 2.22. The Labute approximate surface area is 133 Å². The van der Waals surface area contributed by atoms with E-state index in [0.29, 0.717) is 4.88 Å². The first kappa shape index (κ1) is 16.3. The van der Waals surface area contributed by atoms with Gasteiger partial charge >= 0.3 is 5.00 Å². The van der Waals surface area contributed by atoms with Gasteiger partial charge in [-0.25, -0.2) is 10.9 Å². The van der Waals surface area contributed by atoms with Crippen LogP contribution in [0.25, 0.3) is 0 Å². The van der Waals surface area contributed by atoms with E-state index in [1.807, 2.05) is 0 Å². The molecule has 0 aliphatic carbocycles. The Morgan fingerprint density at radius 3 is 2.26 bits per heavy atom. The summed E-state index contributed by atoms with van der Waals surface area (Å²) in [6.07, 6.45) is 1.29. The lowest BCUT2D eigenvalue weighted by Crippen LogP contribution is -2.20. The standard InChI is InChI=1S/C13H10N4O5S/c18-12(8-1-3-9(4-2-8)13(19)16-20)15-14-7-10-5-6-11(23-10)17(21)22/h1-7,20H,(H,15,18)(H,16,19)/b14-7+. The summed E-state index contributed by atoms with van der Waals surface area (Å²) in [5.41, 5.74) is 4.20. The molecule has 1 heterocycles. The van der Waals surface area contributed by atoms with Crippen LogP contribution in [0.2, 0.25) is 0 Å². The lowest BCUT2D eigenvalue weighted by atomic mass is 10.1. The van der Waals surface area contributed by atoms with Crippen molar-refractivity contribution in [3.05, 3.63) is 62.5 Å². The molecule has 1 aromatic carbocycles. The third kappa shape index (κ3) is 4.18. The highest BCUT2D eigenvalue weighted by atomic mass is 32.1. The van der Waals surface area contributed by atoms with Crippen molar-refractivity contribution >= 4 is 34.4 Å². The predicted octanol–water partition coefficient (Wildman–Crippen LogP) is 1.54. The van der Waals surface area contributed by atoms with Crippen LogP contribution >= 0.6 is 11.3 Å². The smallest absolute Gasteiger partial charge is 0.288 e. The molecule has 0 aliphatic heterocycles. The lowest BCUT2D eigenvalue weighted by molar-refractivity contribution is -0.380. The molecule has 0 saturated heterocycles. The first-order chi connectivity index (χ1) is 11.0. The second kappa shape index (κ2) is 7.24. The fourth-order valence-corrected chi connectivity index (χ4v) is 2.26. The summed E-state index contributed by atoms with van der Waals surface area (Å²) in [4.78, 5) is 33.5. The molecule has 0 atom stereocenters. The van der Waals surface area contributed by atoms with Gasteiger partial charge in [-0.3, -0.25) is 24.9 Å². The Hall–Kier alpha value is -3.11. The van der Waals surface area contributed by atoms with Crippen LogP contribution in [0.15, 0.2) is 41.5 Å². The van der Waals surface area contributed by atoms with Crippen LogP contribution in [0.5, 0.6) is 0 Å². The third-order valence-corrected chi connectivity index (χ3v) is 3.63. The second-order valence-electron chi connectivity index (χ2n) is 4.15. The molecule has 2 aromatic rings. The van der Waals surface area contributed by atoms with E-state index < -0.39 is 16.7 Å². The van der Waals surface area contributed by atoms with Crippen LogP contribution in [0.3, 0.4) is 0 Å². The zero-order valence-corrected chi connectivity index (χ0v) is 12.2. The number of hydrogen-bond donors (Lipinski definition) is 3. The maximum atomic E-state index is 11.8. The second-order valence-corrected chi connectivity index (χ2v) is 5.24. The van der Waals surface area contributed by atoms with E-state index in [1.54, 1.807) is 0 Å². The number of rotatable bonds is 5. The summed E-state index contributed by atoms with van der Waals surface area (Å²) in [6.45, 7) is 0. The summed E-state index contributed by atoms with van der Waals surface area (Å²) in [5.74, 6) is -1.20. The fourth-order valence-electron chi connectivity index (χ4n) is 1.57. The molecule has 0 bridgehead atoms. The van der Waals surface area contributed by atoms with Crippen molar-refractivity contribution in [2.75, 3.05) is 0 Å². The van der Waals surface area contributed by atoms with Crippen LogP contribution < -0.4 is 10.9 Å². The highest BCUT2D eigenvalue weighted by Gasteiger charge is 2.09. The summed E-state index contributed by atoms with van der Waals surface area (Å²) < 4.78 is 0. The van der Waals surface area contributed by atoms with Gasteiger partial charge in [0.05, 0.1) is 16.0 Å². The molecular formula is C13H10N4O5S. The number of thiophene rings is 1. The van der Waals surface area contributed by atoms with Crippen LogP contribution in [0.4, 0.5) is 5.00 Å². The normalized spacial score (nSPS) is 10.5. The number of nitrogens with one attached hydrogen (secondary N) is 2.